The summed E-state index contributed by atoms with van der Waals surface area (Å²) in [7, 11) is 4.16. The summed E-state index contributed by atoms with van der Waals surface area (Å²) in [5.74, 6) is 0.309. The molecule has 0 bridgehead atoms. The molecule has 1 aliphatic heterocycles. The number of rotatable bonds is 2. The van der Waals surface area contributed by atoms with Crippen LogP contribution in [0.15, 0.2) is 28.7 Å². The van der Waals surface area contributed by atoms with E-state index < -0.39 is 0 Å². The van der Waals surface area contributed by atoms with Gasteiger partial charge in [-0.15, -0.1) is 0 Å². The molecule has 0 atom stereocenters. The molecule has 2 heterocycles. The first-order valence-corrected chi connectivity index (χ1v) is 8.02. The van der Waals surface area contributed by atoms with E-state index in [2.05, 4.69) is 33.0 Å². The number of hydrogen-bond acceptors (Lipinski definition) is 2. The highest BCUT2D eigenvalue weighted by Gasteiger charge is 2.26. The minimum Gasteiger partial charge on any atom is -0.306 e. The Balaban J connectivity index is 1.94. The van der Waals surface area contributed by atoms with Crippen LogP contribution in [-0.2, 0) is 7.05 Å². The van der Waals surface area contributed by atoms with Crippen molar-refractivity contribution in [2.24, 2.45) is 7.05 Å². The summed E-state index contributed by atoms with van der Waals surface area (Å²) in [6, 6.07) is 6.51. The quantitative estimate of drug-likeness (QED) is 0.820. The maximum Gasteiger partial charge on any atom is 0.123 e. The molecule has 112 valence electrons. The van der Waals surface area contributed by atoms with Gasteiger partial charge < -0.3 is 4.90 Å². The van der Waals surface area contributed by atoms with Gasteiger partial charge in [0.25, 0.3) is 0 Å². The Morgan fingerprint density at radius 2 is 1.76 bits per heavy atom. The van der Waals surface area contributed by atoms with Crippen molar-refractivity contribution >= 4 is 15.9 Å². The second-order valence-electron chi connectivity index (χ2n) is 5.76. The Morgan fingerprint density at radius 3 is 2.38 bits per heavy atom. The van der Waals surface area contributed by atoms with Gasteiger partial charge in [0.2, 0.25) is 0 Å². The van der Waals surface area contributed by atoms with Crippen molar-refractivity contribution in [2.75, 3.05) is 20.1 Å². The monoisotopic (exact) mass is 351 g/mol. The molecule has 0 spiro atoms. The van der Waals surface area contributed by atoms with Crippen molar-refractivity contribution in [3.05, 3.63) is 40.2 Å². The fourth-order valence-corrected chi connectivity index (χ4v) is 3.92. The SMILES string of the molecule is CN1CCC(c2c(Br)c(-c3ccc(F)cc3)nn2C)CC1. The van der Waals surface area contributed by atoms with E-state index >= 15 is 0 Å². The lowest BCUT2D eigenvalue weighted by Gasteiger charge is -2.29. The first-order chi connectivity index (χ1) is 10.1. The van der Waals surface area contributed by atoms with Crippen molar-refractivity contribution < 1.29 is 4.39 Å². The molecule has 1 aliphatic rings. The molecule has 0 amide bonds. The molecular formula is C16H19BrFN3. The zero-order valence-electron chi connectivity index (χ0n) is 12.3. The lowest BCUT2D eigenvalue weighted by atomic mass is 9.93. The number of nitrogens with zero attached hydrogens (tertiary/aromatic N) is 3. The Bertz CT molecular complexity index is 628. The molecule has 0 saturated carbocycles. The standard InChI is InChI=1S/C16H19BrFN3/c1-20-9-7-12(8-10-20)16-14(17)15(19-21(16)2)11-3-5-13(18)6-4-11/h3-6,12H,7-10H2,1-2H3. The molecule has 21 heavy (non-hydrogen) atoms. The van der Waals surface area contributed by atoms with Crippen LogP contribution in [0, 0.1) is 5.82 Å². The van der Waals surface area contributed by atoms with Crippen molar-refractivity contribution in [2.45, 2.75) is 18.8 Å². The van der Waals surface area contributed by atoms with E-state index in [0.29, 0.717) is 5.92 Å². The lowest BCUT2D eigenvalue weighted by molar-refractivity contribution is 0.250. The van der Waals surface area contributed by atoms with Crippen LogP contribution in [0.25, 0.3) is 11.3 Å². The third-order valence-electron chi connectivity index (χ3n) is 4.25. The highest BCUT2D eigenvalue weighted by Crippen LogP contribution is 2.37. The Labute approximate surface area is 132 Å². The predicted molar refractivity (Wildman–Crippen MR) is 85.8 cm³/mol. The number of aryl methyl sites for hydroxylation is 1. The number of hydrogen-bond donors (Lipinski definition) is 0. The summed E-state index contributed by atoms with van der Waals surface area (Å²) in [6.45, 7) is 2.24. The number of benzene rings is 1. The minimum absolute atomic E-state index is 0.221. The lowest BCUT2D eigenvalue weighted by Crippen LogP contribution is -2.30. The summed E-state index contributed by atoms with van der Waals surface area (Å²) >= 11 is 3.72. The van der Waals surface area contributed by atoms with Crippen molar-refractivity contribution in [1.29, 1.82) is 0 Å². The van der Waals surface area contributed by atoms with Crippen LogP contribution in [0.3, 0.4) is 0 Å². The molecular weight excluding hydrogens is 333 g/mol. The van der Waals surface area contributed by atoms with Crippen molar-refractivity contribution in [1.82, 2.24) is 14.7 Å². The molecule has 3 nitrogen and oxygen atoms in total. The average Bonchev–Trinajstić information content (AvgIpc) is 2.76. The second kappa shape index (κ2) is 5.89. The van der Waals surface area contributed by atoms with E-state index in [1.54, 1.807) is 12.1 Å². The van der Waals surface area contributed by atoms with E-state index in [-0.39, 0.29) is 5.82 Å². The van der Waals surface area contributed by atoms with Gasteiger partial charge in [0.15, 0.2) is 0 Å². The van der Waals surface area contributed by atoms with E-state index in [9.17, 15) is 4.39 Å². The Morgan fingerprint density at radius 1 is 1.14 bits per heavy atom. The molecule has 0 radical (unpaired) electrons. The molecule has 0 N–H and O–H groups in total. The van der Waals surface area contributed by atoms with Crippen LogP contribution in [-0.4, -0.2) is 34.8 Å². The number of halogens is 2. The maximum atomic E-state index is 13.1. The Kier molecular flexibility index (Phi) is 4.13. The van der Waals surface area contributed by atoms with Crippen LogP contribution < -0.4 is 0 Å². The number of aromatic nitrogens is 2. The topological polar surface area (TPSA) is 21.1 Å². The van der Waals surface area contributed by atoms with Gasteiger partial charge in [-0.3, -0.25) is 4.68 Å². The first-order valence-electron chi connectivity index (χ1n) is 7.23. The molecule has 1 saturated heterocycles. The molecule has 1 aromatic carbocycles. The van der Waals surface area contributed by atoms with Crippen LogP contribution in [0.5, 0.6) is 0 Å². The zero-order chi connectivity index (χ0) is 15.0. The van der Waals surface area contributed by atoms with Gasteiger partial charge in [0.05, 0.1) is 10.2 Å². The predicted octanol–water partition coefficient (Wildman–Crippen LogP) is 3.80. The summed E-state index contributed by atoms with van der Waals surface area (Å²) in [4.78, 5) is 2.36. The molecule has 0 aliphatic carbocycles. The van der Waals surface area contributed by atoms with Crippen LogP contribution in [0.1, 0.15) is 24.5 Å². The molecule has 0 unspecified atom stereocenters. The van der Waals surface area contributed by atoms with Gasteiger partial charge in [-0.1, -0.05) is 0 Å². The first kappa shape index (κ1) is 14.7. The summed E-state index contributed by atoms with van der Waals surface area (Å²) < 4.78 is 16.1. The third kappa shape index (κ3) is 2.90. The normalized spacial score (nSPS) is 17.3. The van der Waals surface area contributed by atoms with Crippen LogP contribution >= 0.6 is 15.9 Å². The van der Waals surface area contributed by atoms with Crippen LogP contribution in [0.2, 0.25) is 0 Å². The minimum atomic E-state index is -0.221. The maximum absolute atomic E-state index is 13.1. The summed E-state index contributed by atoms with van der Waals surface area (Å²) in [5, 5.41) is 4.64. The third-order valence-corrected chi connectivity index (χ3v) is 5.04. The van der Waals surface area contributed by atoms with Crippen LogP contribution in [0.4, 0.5) is 4.39 Å². The van der Waals surface area contributed by atoms with E-state index in [1.165, 1.54) is 17.8 Å². The highest BCUT2D eigenvalue weighted by molar-refractivity contribution is 9.10. The van der Waals surface area contributed by atoms with Crippen molar-refractivity contribution in [3.8, 4) is 11.3 Å². The van der Waals surface area contributed by atoms with Gasteiger partial charge >= 0.3 is 0 Å². The molecule has 1 aromatic heterocycles. The van der Waals surface area contributed by atoms with Gasteiger partial charge in [-0.25, -0.2) is 4.39 Å². The highest BCUT2D eigenvalue weighted by atomic mass is 79.9. The van der Waals surface area contributed by atoms with E-state index in [4.69, 9.17) is 0 Å². The van der Waals surface area contributed by atoms with Gasteiger partial charge in [0.1, 0.15) is 11.5 Å². The average molecular weight is 352 g/mol. The van der Waals surface area contributed by atoms with Gasteiger partial charge in [-0.2, -0.15) is 5.10 Å². The van der Waals surface area contributed by atoms with Gasteiger partial charge in [-0.05, 0) is 73.2 Å². The van der Waals surface area contributed by atoms with Crippen molar-refractivity contribution in [3.63, 3.8) is 0 Å². The van der Waals surface area contributed by atoms with E-state index in [0.717, 1.165) is 41.7 Å². The number of likely N-dealkylation sites (tertiary alicyclic amines) is 1. The molecule has 3 rings (SSSR count). The molecule has 1 fully saturated rings. The summed E-state index contributed by atoms with van der Waals surface area (Å²) in [6.07, 6.45) is 2.30. The van der Waals surface area contributed by atoms with Gasteiger partial charge in [0, 0.05) is 18.5 Å². The molecule has 2 aromatic rings. The largest absolute Gasteiger partial charge is 0.306 e. The fourth-order valence-electron chi connectivity index (χ4n) is 3.03. The Hall–Kier alpha value is -1.20. The zero-order valence-corrected chi connectivity index (χ0v) is 13.9. The van der Waals surface area contributed by atoms with E-state index in [1.807, 2.05) is 11.7 Å². The summed E-state index contributed by atoms with van der Waals surface area (Å²) in [5.41, 5.74) is 3.09. The second-order valence-corrected chi connectivity index (χ2v) is 6.55. The molecule has 5 heteroatoms. The fraction of sp³-hybridized carbons (Fsp3) is 0.438. The number of piperidine rings is 1. The smallest absolute Gasteiger partial charge is 0.123 e.